The Morgan fingerprint density at radius 2 is 1.83 bits per heavy atom. The number of imidazole rings is 1. The first kappa shape index (κ1) is 15.3. The van der Waals surface area contributed by atoms with Crippen molar-refractivity contribution in [3.05, 3.63) is 66.0 Å². The van der Waals surface area contributed by atoms with Crippen LogP contribution in [0.3, 0.4) is 0 Å². The Hall–Kier alpha value is -2.62. The molecule has 4 nitrogen and oxygen atoms in total. The zero-order valence-electron chi connectivity index (χ0n) is 13.4. The zero-order valence-corrected chi connectivity index (χ0v) is 13.4. The van der Waals surface area contributed by atoms with Crippen LogP contribution in [0.25, 0.3) is 11.0 Å². The van der Waals surface area contributed by atoms with Gasteiger partial charge < -0.3 is 9.30 Å². The molecule has 1 heterocycles. The second kappa shape index (κ2) is 6.65. The first-order valence-electron chi connectivity index (χ1n) is 7.82. The average molecular weight is 308 g/mol. The number of carbonyl (C=O) groups is 1. The van der Waals surface area contributed by atoms with Crippen molar-refractivity contribution < 1.29 is 9.53 Å². The Morgan fingerprint density at radius 1 is 1.13 bits per heavy atom. The molecular weight excluding hydrogens is 288 g/mol. The first-order chi connectivity index (χ1) is 11.2. The van der Waals surface area contributed by atoms with Crippen LogP contribution in [0.15, 0.2) is 54.6 Å². The number of methoxy groups -OCH3 is 1. The smallest absolute Gasteiger partial charge is 0.328 e. The summed E-state index contributed by atoms with van der Waals surface area (Å²) in [4.78, 5) is 17.0. The Labute approximate surface area is 135 Å². The fourth-order valence-electron chi connectivity index (χ4n) is 2.94. The van der Waals surface area contributed by atoms with E-state index in [0.717, 1.165) is 16.9 Å². The maximum Gasteiger partial charge on any atom is 0.328 e. The summed E-state index contributed by atoms with van der Waals surface area (Å²) in [7, 11) is 1.43. The van der Waals surface area contributed by atoms with E-state index >= 15 is 0 Å². The van der Waals surface area contributed by atoms with Crippen molar-refractivity contribution in [3.8, 4) is 0 Å². The van der Waals surface area contributed by atoms with Gasteiger partial charge in [-0.1, -0.05) is 49.4 Å². The predicted molar refractivity (Wildman–Crippen MR) is 90.3 cm³/mol. The Morgan fingerprint density at radius 3 is 2.52 bits per heavy atom. The number of hydrogen-bond donors (Lipinski definition) is 0. The van der Waals surface area contributed by atoms with Crippen LogP contribution in [0, 0.1) is 0 Å². The Bertz CT molecular complexity index is 809. The summed E-state index contributed by atoms with van der Waals surface area (Å²) in [5, 5.41) is 0. The molecule has 0 bridgehead atoms. The summed E-state index contributed by atoms with van der Waals surface area (Å²) in [5.74, 6) is 0.652. The first-order valence-corrected chi connectivity index (χ1v) is 7.82. The lowest BCUT2D eigenvalue weighted by Crippen LogP contribution is -2.22. The van der Waals surface area contributed by atoms with E-state index in [4.69, 9.17) is 9.72 Å². The standard InChI is InChI=1S/C19H20N2O2/c1-3-16(19(22)23-2)21-17-12-8-7-11-15(17)20-18(21)13-14-9-5-4-6-10-14/h4-12,16H,3,13H2,1-2H3. The second-order valence-corrected chi connectivity index (χ2v) is 5.50. The van der Waals surface area contributed by atoms with Gasteiger partial charge in [0.25, 0.3) is 0 Å². The molecule has 23 heavy (non-hydrogen) atoms. The number of ether oxygens (including phenoxy) is 1. The van der Waals surface area contributed by atoms with Crippen LogP contribution in [0.4, 0.5) is 0 Å². The molecule has 0 aliphatic rings. The molecule has 0 aliphatic heterocycles. The SMILES string of the molecule is CCC(C(=O)OC)n1c(Cc2ccccc2)nc2ccccc21. The summed E-state index contributed by atoms with van der Waals surface area (Å²) in [6, 6.07) is 17.7. The van der Waals surface area contributed by atoms with Crippen LogP contribution < -0.4 is 0 Å². The zero-order chi connectivity index (χ0) is 16.2. The quantitative estimate of drug-likeness (QED) is 0.674. The summed E-state index contributed by atoms with van der Waals surface area (Å²) < 4.78 is 7.02. The summed E-state index contributed by atoms with van der Waals surface area (Å²) >= 11 is 0. The van der Waals surface area contributed by atoms with E-state index in [9.17, 15) is 4.79 Å². The van der Waals surface area contributed by atoms with Crippen molar-refractivity contribution in [3.63, 3.8) is 0 Å². The molecule has 0 fully saturated rings. The molecule has 1 unspecified atom stereocenters. The highest BCUT2D eigenvalue weighted by molar-refractivity contribution is 5.81. The van der Waals surface area contributed by atoms with Gasteiger partial charge in [-0.05, 0) is 24.1 Å². The number of fused-ring (bicyclic) bond motifs is 1. The van der Waals surface area contributed by atoms with Crippen LogP contribution in [-0.4, -0.2) is 22.6 Å². The number of esters is 1. The van der Waals surface area contributed by atoms with Gasteiger partial charge in [-0.25, -0.2) is 9.78 Å². The lowest BCUT2D eigenvalue weighted by atomic mass is 10.1. The van der Waals surface area contributed by atoms with Gasteiger partial charge >= 0.3 is 5.97 Å². The number of para-hydroxylation sites is 2. The molecule has 0 aliphatic carbocycles. The highest BCUT2D eigenvalue weighted by atomic mass is 16.5. The summed E-state index contributed by atoms with van der Waals surface area (Å²) in [6.07, 6.45) is 1.35. The van der Waals surface area contributed by atoms with Gasteiger partial charge in [-0.15, -0.1) is 0 Å². The van der Waals surface area contributed by atoms with E-state index in [1.54, 1.807) is 0 Å². The maximum atomic E-state index is 12.2. The number of carbonyl (C=O) groups excluding carboxylic acids is 1. The topological polar surface area (TPSA) is 44.1 Å². The lowest BCUT2D eigenvalue weighted by molar-refractivity contribution is -0.144. The summed E-state index contributed by atoms with van der Waals surface area (Å²) in [6.45, 7) is 1.99. The van der Waals surface area contributed by atoms with Gasteiger partial charge in [0, 0.05) is 6.42 Å². The maximum absolute atomic E-state index is 12.2. The average Bonchev–Trinajstić information content (AvgIpc) is 2.94. The highest BCUT2D eigenvalue weighted by Crippen LogP contribution is 2.25. The molecule has 0 saturated heterocycles. The van der Waals surface area contributed by atoms with Crippen LogP contribution in [0.2, 0.25) is 0 Å². The van der Waals surface area contributed by atoms with Crippen LogP contribution >= 0.6 is 0 Å². The molecule has 3 aromatic rings. The normalized spacial score (nSPS) is 12.3. The van der Waals surface area contributed by atoms with Crippen LogP contribution in [0.1, 0.15) is 30.8 Å². The third kappa shape index (κ3) is 2.97. The van der Waals surface area contributed by atoms with E-state index < -0.39 is 0 Å². The van der Waals surface area contributed by atoms with Gasteiger partial charge in [-0.3, -0.25) is 0 Å². The van der Waals surface area contributed by atoms with Crippen molar-refractivity contribution in [2.75, 3.05) is 7.11 Å². The minimum atomic E-state index is -0.355. The largest absolute Gasteiger partial charge is 0.467 e. The lowest BCUT2D eigenvalue weighted by Gasteiger charge is -2.18. The van der Waals surface area contributed by atoms with Gasteiger partial charge in [0.15, 0.2) is 0 Å². The molecule has 0 amide bonds. The van der Waals surface area contributed by atoms with Gasteiger partial charge in [-0.2, -0.15) is 0 Å². The Balaban J connectivity index is 2.13. The number of rotatable bonds is 5. The van der Waals surface area contributed by atoms with Crippen molar-refractivity contribution in [2.24, 2.45) is 0 Å². The Kier molecular flexibility index (Phi) is 4.42. The molecule has 0 N–H and O–H groups in total. The number of nitrogens with zero attached hydrogens (tertiary/aromatic N) is 2. The molecule has 2 aromatic carbocycles. The van der Waals surface area contributed by atoms with Crippen molar-refractivity contribution in [1.29, 1.82) is 0 Å². The molecule has 118 valence electrons. The number of hydrogen-bond acceptors (Lipinski definition) is 3. The fraction of sp³-hybridized carbons (Fsp3) is 0.263. The molecule has 4 heteroatoms. The van der Waals surface area contributed by atoms with E-state index in [1.807, 2.05) is 54.0 Å². The highest BCUT2D eigenvalue weighted by Gasteiger charge is 2.24. The molecule has 1 atom stereocenters. The van der Waals surface area contributed by atoms with Crippen molar-refractivity contribution in [2.45, 2.75) is 25.8 Å². The number of aromatic nitrogens is 2. The molecule has 1 aromatic heterocycles. The summed E-state index contributed by atoms with van der Waals surface area (Å²) in [5.41, 5.74) is 3.04. The number of benzene rings is 2. The van der Waals surface area contributed by atoms with Gasteiger partial charge in [0.05, 0.1) is 18.1 Å². The van der Waals surface area contributed by atoms with E-state index in [-0.39, 0.29) is 12.0 Å². The fourth-order valence-corrected chi connectivity index (χ4v) is 2.94. The van der Waals surface area contributed by atoms with E-state index in [0.29, 0.717) is 12.8 Å². The van der Waals surface area contributed by atoms with Crippen molar-refractivity contribution in [1.82, 2.24) is 9.55 Å². The third-order valence-corrected chi connectivity index (χ3v) is 4.05. The van der Waals surface area contributed by atoms with E-state index in [2.05, 4.69) is 12.1 Å². The molecule has 0 saturated carbocycles. The molecule has 3 rings (SSSR count). The van der Waals surface area contributed by atoms with Gasteiger partial charge in [0.1, 0.15) is 11.9 Å². The third-order valence-electron chi connectivity index (χ3n) is 4.05. The second-order valence-electron chi connectivity index (χ2n) is 5.50. The molecular formula is C19H20N2O2. The van der Waals surface area contributed by atoms with Crippen LogP contribution in [0.5, 0.6) is 0 Å². The molecule has 0 radical (unpaired) electrons. The minimum absolute atomic E-state index is 0.232. The monoisotopic (exact) mass is 308 g/mol. The van der Waals surface area contributed by atoms with Crippen LogP contribution in [-0.2, 0) is 16.0 Å². The molecule has 0 spiro atoms. The van der Waals surface area contributed by atoms with E-state index in [1.165, 1.54) is 12.7 Å². The van der Waals surface area contributed by atoms with Crippen molar-refractivity contribution >= 4 is 17.0 Å². The minimum Gasteiger partial charge on any atom is -0.467 e. The predicted octanol–water partition coefficient (Wildman–Crippen LogP) is 3.75. The van der Waals surface area contributed by atoms with Gasteiger partial charge in [0.2, 0.25) is 0 Å².